The third kappa shape index (κ3) is 3.89. The van der Waals surface area contributed by atoms with Crippen molar-refractivity contribution in [3.8, 4) is 0 Å². The van der Waals surface area contributed by atoms with Gasteiger partial charge in [0.15, 0.2) is 0 Å². The first kappa shape index (κ1) is 11.2. The number of aliphatic hydroxyl groups is 1. The second-order valence-electron chi connectivity index (χ2n) is 3.98. The highest BCUT2D eigenvalue weighted by Gasteiger charge is 2.06. The molecular formula is C10H19N3O. The maximum Gasteiger partial charge on any atom is 0.0670 e. The summed E-state index contributed by atoms with van der Waals surface area (Å²) in [6, 6.07) is 0. The minimum absolute atomic E-state index is 0.245. The van der Waals surface area contributed by atoms with Crippen molar-refractivity contribution in [1.29, 1.82) is 0 Å². The molecule has 0 fully saturated rings. The van der Waals surface area contributed by atoms with Crippen LogP contribution in [0.15, 0.2) is 12.4 Å². The van der Waals surface area contributed by atoms with Gasteiger partial charge in [0.25, 0.3) is 0 Å². The molecule has 4 nitrogen and oxygen atoms in total. The molecule has 1 aromatic rings. The van der Waals surface area contributed by atoms with Crippen LogP contribution in [0.2, 0.25) is 0 Å². The van der Waals surface area contributed by atoms with E-state index in [2.05, 4.69) is 5.10 Å². The smallest absolute Gasteiger partial charge is 0.0670 e. The van der Waals surface area contributed by atoms with Gasteiger partial charge in [0.05, 0.1) is 12.3 Å². The van der Waals surface area contributed by atoms with Gasteiger partial charge in [-0.2, -0.15) is 5.10 Å². The SMILES string of the molecule is CN(C)CC(O)CCc1cnn(C)c1. The molecule has 0 aromatic carbocycles. The highest BCUT2D eigenvalue weighted by Crippen LogP contribution is 2.04. The Kier molecular flexibility index (Phi) is 4.10. The molecule has 1 heterocycles. The number of likely N-dealkylation sites (N-methyl/N-ethyl adjacent to an activating group) is 1. The topological polar surface area (TPSA) is 41.3 Å². The highest BCUT2D eigenvalue weighted by atomic mass is 16.3. The van der Waals surface area contributed by atoms with Gasteiger partial charge in [0.1, 0.15) is 0 Å². The molecule has 1 unspecified atom stereocenters. The summed E-state index contributed by atoms with van der Waals surface area (Å²) in [5, 5.41) is 13.7. The summed E-state index contributed by atoms with van der Waals surface area (Å²) in [6.45, 7) is 0.722. The Bertz CT molecular complexity index is 270. The van der Waals surface area contributed by atoms with Crippen LogP contribution in [0.1, 0.15) is 12.0 Å². The van der Waals surface area contributed by atoms with Gasteiger partial charge in [-0.15, -0.1) is 0 Å². The van der Waals surface area contributed by atoms with Crippen LogP contribution in [0.4, 0.5) is 0 Å². The lowest BCUT2D eigenvalue weighted by atomic mass is 10.1. The maximum atomic E-state index is 9.62. The van der Waals surface area contributed by atoms with Crippen LogP contribution in [0.3, 0.4) is 0 Å². The molecule has 1 aromatic heterocycles. The van der Waals surface area contributed by atoms with Crippen LogP contribution in [0.5, 0.6) is 0 Å². The first-order chi connectivity index (χ1) is 6.58. The van der Waals surface area contributed by atoms with E-state index in [0.29, 0.717) is 0 Å². The molecule has 0 aliphatic carbocycles. The number of nitrogens with zero attached hydrogens (tertiary/aromatic N) is 3. The van der Waals surface area contributed by atoms with Crippen LogP contribution in [-0.2, 0) is 13.5 Å². The van der Waals surface area contributed by atoms with Gasteiger partial charge in [-0.25, -0.2) is 0 Å². The average Bonchev–Trinajstić information content (AvgIpc) is 2.47. The molecule has 1 rings (SSSR count). The van der Waals surface area contributed by atoms with Gasteiger partial charge < -0.3 is 10.0 Å². The van der Waals surface area contributed by atoms with Gasteiger partial charge in [-0.3, -0.25) is 4.68 Å². The molecule has 0 amide bonds. The second kappa shape index (κ2) is 5.12. The van der Waals surface area contributed by atoms with Crippen molar-refractivity contribution < 1.29 is 5.11 Å². The number of hydrogen-bond acceptors (Lipinski definition) is 3. The molecule has 0 aliphatic rings. The number of aliphatic hydroxyl groups excluding tert-OH is 1. The summed E-state index contributed by atoms with van der Waals surface area (Å²) in [5.41, 5.74) is 1.19. The summed E-state index contributed by atoms with van der Waals surface area (Å²) < 4.78 is 1.79. The van der Waals surface area contributed by atoms with E-state index < -0.39 is 0 Å². The molecule has 0 aliphatic heterocycles. The van der Waals surface area contributed by atoms with E-state index in [1.165, 1.54) is 5.56 Å². The van der Waals surface area contributed by atoms with E-state index in [1.54, 1.807) is 4.68 Å². The van der Waals surface area contributed by atoms with Crippen LogP contribution in [0, 0.1) is 0 Å². The van der Waals surface area contributed by atoms with E-state index in [-0.39, 0.29) is 6.10 Å². The number of rotatable bonds is 5. The molecule has 0 saturated carbocycles. The molecule has 0 saturated heterocycles. The predicted molar refractivity (Wildman–Crippen MR) is 56.1 cm³/mol. The van der Waals surface area contributed by atoms with Gasteiger partial charge in [-0.1, -0.05) is 0 Å². The number of aromatic nitrogens is 2. The largest absolute Gasteiger partial charge is 0.392 e. The minimum atomic E-state index is -0.245. The zero-order chi connectivity index (χ0) is 10.6. The second-order valence-corrected chi connectivity index (χ2v) is 3.98. The van der Waals surface area contributed by atoms with Crippen molar-refractivity contribution in [2.75, 3.05) is 20.6 Å². The summed E-state index contributed by atoms with van der Waals surface area (Å²) in [7, 11) is 5.83. The van der Waals surface area contributed by atoms with Gasteiger partial charge in [0, 0.05) is 19.8 Å². The molecule has 1 N–H and O–H groups in total. The fourth-order valence-corrected chi connectivity index (χ4v) is 1.45. The molecule has 1 atom stereocenters. The lowest BCUT2D eigenvalue weighted by Crippen LogP contribution is -2.26. The Morgan fingerprint density at radius 1 is 1.57 bits per heavy atom. The first-order valence-electron chi connectivity index (χ1n) is 4.88. The summed E-state index contributed by atoms with van der Waals surface area (Å²) >= 11 is 0. The number of hydrogen-bond donors (Lipinski definition) is 1. The number of aryl methyl sites for hydroxylation is 2. The lowest BCUT2D eigenvalue weighted by Gasteiger charge is -2.15. The summed E-state index contributed by atoms with van der Waals surface area (Å²) in [6.07, 6.45) is 5.28. The minimum Gasteiger partial charge on any atom is -0.392 e. The van der Waals surface area contributed by atoms with Crippen LogP contribution in [-0.4, -0.2) is 46.5 Å². The molecule has 14 heavy (non-hydrogen) atoms. The van der Waals surface area contributed by atoms with Crippen molar-refractivity contribution >= 4 is 0 Å². The third-order valence-corrected chi connectivity index (χ3v) is 2.10. The third-order valence-electron chi connectivity index (χ3n) is 2.10. The Hall–Kier alpha value is -0.870. The summed E-state index contributed by atoms with van der Waals surface area (Å²) in [4.78, 5) is 1.99. The van der Waals surface area contributed by atoms with Crippen LogP contribution < -0.4 is 0 Å². The van der Waals surface area contributed by atoms with Crippen molar-refractivity contribution in [3.05, 3.63) is 18.0 Å². The van der Waals surface area contributed by atoms with Gasteiger partial charge in [0.2, 0.25) is 0 Å². The maximum absolute atomic E-state index is 9.62. The molecule has 0 radical (unpaired) electrons. The summed E-state index contributed by atoms with van der Waals surface area (Å²) in [5.74, 6) is 0. The van der Waals surface area contributed by atoms with Crippen molar-refractivity contribution in [2.45, 2.75) is 18.9 Å². The molecule has 80 valence electrons. The first-order valence-corrected chi connectivity index (χ1v) is 4.88. The fraction of sp³-hybridized carbons (Fsp3) is 0.700. The normalized spacial score (nSPS) is 13.5. The quantitative estimate of drug-likeness (QED) is 0.737. The Morgan fingerprint density at radius 3 is 2.79 bits per heavy atom. The van der Waals surface area contributed by atoms with E-state index in [9.17, 15) is 5.11 Å². The lowest BCUT2D eigenvalue weighted by molar-refractivity contribution is 0.128. The monoisotopic (exact) mass is 197 g/mol. The Labute approximate surface area is 85.1 Å². The van der Waals surface area contributed by atoms with E-state index in [0.717, 1.165) is 19.4 Å². The standard InChI is InChI=1S/C10H19N3O/c1-12(2)8-10(14)5-4-9-6-11-13(3)7-9/h6-7,10,14H,4-5,8H2,1-3H3. The van der Waals surface area contributed by atoms with E-state index in [1.807, 2.05) is 38.4 Å². The average molecular weight is 197 g/mol. The molecule has 0 bridgehead atoms. The van der Waals surface area contributed by atoms with Crippen LogP contribution >= 0.6 is 0 Å². The van der Waals surface area contributed by atoms with Crippen molar-refractivity contribution in [3.63, 3.8) is 0 Å². The Morgan fingerprint density at radius 2 is 2.29 bits per heavy atom. The Balaban J connectivity index is 2.26. The zero-order valence-corrected chi connectivity index (χ0v) is 9.14. The van der Waals surface area contributed by atoms with Gasteiger partial charge in [-0.05, 0) is 32.5 Å². The predicted octanol–water partition coefficient (Wildman–Crippen LogP) is 0.275. The fourth-order valence-electron chi connectivity index (χ4n) is 1.45. The van der Waals surface area contributed by atoms with Gasteiger partial charge >= 0.3 is 0 Å². The molecule has 0 spiro atoms. The van der Waals surface area contributed by atoms with E-state index >= 15 is 0 Å². The molecule has 4 heteroatoms. The zero-order valence-electron chi connectivity index (χ0n) is 9.14. The van der Waals surface area contributed by atoms with E-state index in [4.69, 9.17) is 0 Å². The van der Waals surface area contributed by atoms with Crippen molar-refractivity contribution in [2.24, 2.45) is 7.05 Å². The van der Waals surface area contributed by atoms with Crippen LogP contribution in [0.25, 0.3) is 0 Å². The van der Waals surface area contributed by atoms with Crippen molar-refractivity contribution in [1.82, 2.24) is 14.7 Å². The highest BCUT2D eigenvalue weighted by molar-refractivity contribution is 5.03. The molecular weight excluding hydrogens is 178 g/mol.